The quantitative estimate of drug-likeness (QED) is 0.241. The van der Waals surface area contributed by atoms with Gasteiger partial charge < -0.3 is 14.4 Å². The van der Waals surface area contributed by atoms with Gasteiger partial charge in [-0.2, -0.15) is 0 Å². The summed E-state index contributed by atoms with van der Waals surface area (Å²) in [7, 11) is 0. The van der Waals surface area contributed by atoms with E-state index in [1.807, 2.05) is 62.4 Å². The molecular weight excluding hydrogens is 584 g/mol. The van der Waals surface area contributed by atoms with Gasteiger partial charge in [-0.3, -0.25) is 9.79 Å². The van der Waals surface area contributed by atoms with Crippen molar-refractivity contribution in [3.05, 3.63) is 65.2 Å². The minimum atomic E-state index is -0.616. The van der Waals surface area contributed by atoms with Crippen LogP contribution in [0.3, 0.4) is 0 Å². The van der Waals surface area contributed by atoms with Gasteiger partial charge in [0.2, 0.25) is 0 Å². The van der Waals surface area contributed by atoms with Gasteiger partial charge >= 0.3 is 5.97 Å². The lowest BCUT2D eigenvalue weighted by Gasteiger charge is -2.47. The van der Waals surface area contributed by atoms with Crippen LogP contribution in [-0.2, 0) is 9.53 Å². The van der Waals surface area contributed by atoms with Crippen LogP contribution in [0.5, 0.6) is 5.75 Å². The summed E-state index contributed by atoms with van der Waals surface area (Å²) in [6.07, 6.45) is 6.18. The predicted molar refractivity (Wildman–Crippen MR) is 192 cm³/mol. The molecule has 0 saturated heterocycles. The van der Waals surface area contributed by atoms with Gasteiger partial charge in [-0.1, -0.05) is 86.6 Å². The van der Waals surface area contributed by atoms with Crippen molar-refractivity contribution in [2.75, 3.05) is 6.61 Å². The Morgan fingerprint density at radius 3 is 2.09 bits per heavy atom. The zero-order valence-corrected chi connectivity index (χ0v) is 31.0. The Kier molecular flexibility index (Phi) is 11.0. The van der Waals surface area contributed by atoms with Gasteiger partial charge in [0.1, 0.15) is 17.1 Å². The first kappa shape index (κ1) is 36.7. The van der Waals surface area contributed by atoms with Gasteiger partial charge in [0.15, 0.2) is 0 Å². The molecule has 1 aliphatic heterocycles. The van der Waals surface area contributed by atoms with Crippen molar-refractivity contribution in [3.8, 4) is 5.75 Å². The molecule has 2 aromatic carbocycles. The van der Waals surface area contributed by atoms with Crippen molar-refractivity contribution < 1.29 is 19.1 Å². The highest BCUT2D eigenvalue weighted by Crippen LogP contribution is 2.50. The number of hydrogen-bond acceptors (Lipinski definition) is 5. The summed E-state index contributed by atoms with van der Waals surface area (Å²) in [6.45, 7) is 24.7. The number of carbonyl (C=O) groups is 2. The first-order valence-electron chi connectivity index (χ1n) is 17.8. The monoisotopic (exact) mass is 644 g/mol. The van der Waals surface area contributed by atoms with Crippen molar-refractivity contribution in [2.45, 2.75) is 139 Å². The molecule has 0 bridgehead atoms. The van der Waals surface area contributed by atoms with Gasteiger partial charge in [-0.05, 0) is 111 Å². The fourth-order valence-electron chi connectivity index (χ4n) is 6.88. The van der Waals surface area contributed by atoms with Gasteiger partial charge in [0.25, 0.3) is 5.91 Å². The number of amides is 1. The van der Waals surface area contributed by atoms with Crippen LogP contribution in [0, 0.1) is 22.2 Å². The third-order valence-electron chi connectivity index (χ3n) is 9.78. The van der Waals surface area contributed by atoms with Crippen LogP contribution in [0.2, 0.25) is 0 Å². The summed E-state index contributed by atoms with van der Waals surface area (Å²) >= 11 is 0. The molecule has 1 saturated carbocycles. The maximum Gasteiger partial charge on any atom is 0.338 e. The van der Waals surface area contributed by atoms with E-state index >= 15 is 0 Å². The molecule has 1 heterocycles. The fourth-order valence-corrected chi connectivity index (χ4v) is 6.88. The van der Waals surface area contributed by atoms with Gasteiger partial charge in [0, 0.05) is 5.56 Å². The standard InChI is InChI=1S/C41H60N2O4/c1-28(2)47-37(45)30-17-15-29(16-18-30)34(21-22-38(3,4)5)43-36(44)35(42-41(43)23-19-32(20-24-41)40(9,10)11)31-13-12-14-33(27-31)46-26-25-39(6,7)8/h12-18,27-28,32,34H,19-26H2,1-11H3/t32?,34-,41?/m1/s1. The zero-order chi connectivity index (χ0) is 34.8. The summed E-state index contributed by atoms with van der Waals surface area (Å²) in [5.74, 6) is 0.984. The largest absolute Gasteiger partial charge is 0.494 e. The molecule has 6 nitrogen and oxygen atoms in total. The highest BCUT2D eigenvalue weighted by molar-refractivity contribution is 6.46. The van der Waals surface area contributed by atoms with Crippen LogP contribution >= 0.6 is 0 Å². The molecule has 1 fully saturated rings. The van der Waals surface area contributed by atoms with Crippen LogP contribution in [0.15, 0.2) is 53.5 Å². The predicted octanol–water partition coefficient (Wildman–Crippen LogP) is 10.2. The molecule has 47 heavy (non-hydrogen) atoms. The average molecular weight is 645 g/mol. The Bertz CT molecular complexity index is 1410. The number of ether oxygens (including phenoxy) is 2. The minimum absolute atomic E-state index is 0.0201. The van der Waals surface area contributed by atoms with Gasteiger partial charge in [0.05, 0.1) is 24.3 Å². The SMILES string of the molecule is CC(C)OC(=O)c1ccc([C@@H](CCC(C)(C)C)N2C(=O)C(c3cccc(OCCC(C)(C)C)c3)=NC23CCC(C(C)(C)C)CC3)cc1. The molecule has 0 unspecified atom stereocenters. The number of carbonyl (C=O) groups excluding carboxylic acids is 2. The van der Waals surface area contributed by atoms with Crippen molar-refractivity contribution in [2.24, 2.45) is 27.2 Å². The number of benzene rings is 2. The highest BCUT2D eigenvalue weighted by Gasteiger charge is 2.52. The van der Waals surface area contributed by atoms with E-state index in [9.17, 15) is 9.59 Å². The van der Waals surface area contributed by atoms with Crippen LogP contribution < -0.4 is 4.74 Å². The molecule has 4 rings (SSSR count). The molecule has 0 N–H and O–H groups in total. The molecule has 0 aromatic heterocycles. The Labute approximate surface area is 284 Å². The average Bonchev–Trinajstić information content (AvgIpc) is 3.23. The number of esters is 1. The molecule has 1 amide bonds. The molecule has 6 heteroatoms. The van der Waals surface area contributed by atoms with E-state index in [1.54, 1.807) is 0 Å². The second-order valence-corrected chi connectivity index (χ2v) is 17.6. The number of hydrogen-bond donors (Lipinski definition) is 0. The van der Waals surface area contributed by atoms with E-state index in [0.29, 0.717) is 23.8 Å². The Morgan fingerprint density at radius 2 is 1.53 bits per heavy atom. The lowest BCUT2D eigenvalue weighted by Crippen LogP contribution is -2.51. The molecule has 258 valence electrons. The first-order valence-corrected chi connectivity index (χ1v) is 17.8. The van der Waals surface area contributed by atoms with E-state index in [2.05, 4.69) is 67.2 Å². The molecule has 1 atom stereocenters. The van der Waals surface area contributed by atoms with Crippen LogP contribution in [0.1, 0.15) is 149 Å². The Hall–Kier alpha value is -3.15. The van der Waals surface area contributed by atoms with E-state index in [0.717, 1.165) is 61.8 Å². The third-order valence-corrected chi connectivity index (χ3v) is 9.78. The van der Waals surface area contributed by atoms with Crippen molar-refractivity contribution in [3.63, 3.8) is 0 Å². The Morgan fingerprint density at radius 1 is 0.915 bits per heavy atom. The van der Waals surface area contributed by atoms with Crippen LogP contribution in [0.4, 0.5) is 0 Å². The fraction of sp³-hybridized carbons (Fsp3) is 0.634. The molecule has 2 aromatic rings. The van der Waals surface area contributed by atoms with Crippen LogP contribution in [0.25, 0.3) is 0 Å². The van der Waals surface area contributed by atoms with Gasteiger partial charge in [-0.15, -0.1) is 0 Å². The number of nitrogens with zero attached hydrogens (tertiary/aromatic N) is 2. The maximum atomic E-state index is 14.8. The summed E-state index contributed by atoms with van der Waals surface area (Å²) in [6, 6.07) is 15.4. The van der Waals surface area contributed by atoms with E-state index in [-0.39, 0.29) is 40.3 Å². The molecule has 1 spiro atoms. The lowest BCUT2D eigenvalue weighted by molar-refractivity contribution is -0.134. The second-order valence-electron chi connectivity index (χ2n) is 17.6. The Balaban J connectivity index is 1.74. The number of rotatable bonds is 10. The van der Waals surface area contributed by atoms with E-state index in [4.69, 9.17) is 14.5 Å². The van der Waals surface area contributed by atoms with Crippen molar-refractivity contribution >= 4 is 17.6 Å². The molecule has 2 aliphatic rings. The third kappa shape index (κ3) is 9.48. The smallest absolute Gasteiger partial charge is 0.338 e. The van der Waals surface area contributed by atoms with Gasteiger partial charge in [-0.25, -0.2) is 4.79 Å². The zero-order valence-electron chi connectivity index (χ0n) is 31.0. The first-order chi connectivity index (χ1) is 21.8. The second kappa shape index (κ2) is 14.1. The molecule has 1 aliphatic carbocycles. The van der Waals surface area contributed by atoms with E-state index < -0.39 is 5.66 Å². The summed E-state index contributed by atoms with van der Waals surface area (Å²) in [4.78, 5) is 35.1. The summed E-state index contributed by atoms with van der Waals surface area (Å²) in [5.41, 5.74) is 2.73. The lowest BCUT2D eigenvalue weighted by atomic mass is 9.69. The highest BCUT2D eigenvalue weighted by atomic mass is 16.5. The normalized spacial score (nSPS) is 21.3. The number of aliphatic imine (C=N–C) groups is 1. The van der Waals surface area contributed by atoms with E-state index in [1.165, 1.54) is 0 Å². The maximum absolute atomic E-state index is 14.8. The summed E-state index contributed by atoms with van der Waals surface area (Å²) in [5, 5.41) is 0. The molecular formula is C41H60N2O4. The summed E-state index contributed by atoms with van der Waals surface area (Å²) < 4.78 is 11.6. The minimum Gasteiger partial charge on any atom is -0.494 e. The molecule has 0 radical (unpaired) electrons. The van der Waals surface area contributed by atoms with Crippen molar-refractivity contribution in [1.29, 1.82) is 0 Å². The topological polar surface area (TPSA) is 68.2 Å². The van der Waals surface area contributed by atoms with Crippen molar-refractivity contribution in [1.82, 2.24) is 4.90 Å². The van der Waals surface area contributed by atoms with Crippen LogP contribution in [-0.4, -0.2) is 40.9 Å².